The Morgan fingerprint density at radius 3 is 2.31 bits per heavy atom. The minimum atomic E-state index is -0.888. The maximum Gasteiger partial charge on any atom is 0.303 e. The second-order valence-corrected chi connectivity index (χ2v) is 3.64. The van der Waals surface area contributed by atoms with E-state index < -0.39 is 5.97 Å². The fourth-order valence-electron chi connectivity index (χ4n) is 1.02. The number of carbonyl (C=O) groups is 3. The largest absolute Gasteiger partial charge is 0.481 e. The van der Waals surface area contributed by atoms with Crippen LogP contribution in [-0.2, 0) is 14.4 Å². The van der Waals surface area contributed by atoms with Crippen LogP contribution >= 0.6 is 0 Å². The molecule has 0 aromatic rings. The molecule has 6 heteroatoms. The summed E-state index contributed by atoms with van der Waals surface area (Å²) in [5.74, 6) is -1.50. The molecule has 3 N–H and O–H groups in total. The molecule has 6 nitrogen and oxygen atoms in total. The molecule has 92 valence electrons. The zero-order chi connectivity index (χ0) is 12.6. The lowest BCUT2D eigenvalue weighted by atomic mass is 10.1. The molecule has 0 spiro atoms. The van der Waals surface area contributed by atoms with E-state index in [0.29, 0.717) is 13.0 Å². The van der Waals surface area contributed by atoms with Crippen molar-refractivity contribution in [2.24, 2.45) is 5.92 Å². The highest BCUT2D eigenvalue weighted by molar-refractivity contribution is 5.84. The molecule has 0 aromatic carbocycles. The van der Waals surface area contributed by atoms with Gasteiger partial charge >= 0.3 is 5.97 Å². The van der Waals surface area contributed by atoms with Gasteiger partial charge < -0.3 is 15.7 Å². The summed E-state index contributed by atoms with van der Waals surface area (Å²) in [6, 6.07) is 0. The van der Waals surface area contributed by atoms with Crippen molar-refractivity contribution in [2.75, 3.05) is 13.1 Å². The first-order valence-electron chi connectivity index (χ1n) is 5.20. The van der Waals surface area contributed by atoms with Gasteiger partial charge in [0, 0.05) is 19.4 Å². The van der Waals surface area contributed by atoms with E-state index in [2.05, 4.69) is 10.6 Å². The predicted molar refractivity (Wildman–Crippen MR) is 57.7 cm³/mol. The van der Waals surface area contributed by atoms with E-state index in [9.17, 15) is 14.4 Å². The van der Waals surface area contributed by atoms with Gasteiger partial charge in [-0.2, -0.15) is 0 Å². The van der Waals surface area contributed by atoms with Crippen LogP contribution in [0.4, 0.5) is 0 Å². The van der Waals surface area contributed by atoms with Gasteiger partial charge in [-0.1, -0.05) is 13.8 Å². The molecular weight excluding hydrogens is 212 g/mol. The number of aliphatic carboxylic acids is 1. The minimum absolute atomic E-state index is 0.0155. The van der Waals surface area contributed by atoms with Crippen molar-refractivity contribution in [3.63, 3.8) is 0 Å². The number of nitrogens with one attached hydrogen (secondary N) is 2. The van der Waals surface area contributed by atoms with Crippen LogP contribution in [0.3, 0.4) is 0 Å². The van der Waals surface area contributed by atoms with Crippen molar-refractivity contribution in [3.8, 4) is 0 Å². The van der Waals surface area contributed by atoms with Crippen LogP contribution in [0.1, 0.15) is 26.7 Å². The zero-order valence-corrected chi connectivity index (χ0v) is 9.58. The van der Waals surface area contributed by atoms with E-state index in [0.717, 1.165) is 0 Å². The number of carboxylic acid groups (broad SMARTS) is 1. The highest BCUT2D eigenvalue weighted by atomic mass is 16.4. The minimum Gasteiger partial charge on any atom is -0.481 e. The van der Waals surface area contributed by atoms with Crippen LogP contribution < -0.4 is 10.6 Å². The van der Waals surface area contributed by atoms with Gasteiger partial charge in [-0.25, -0.2) is 0 Å². The molecule has 0 aromatic heterocycles. The molecule has 1 atom stereocenters. The Kier molecular flexibility index (Phi) is 6.91. The molecule has 0 aliphatic rings. The Morgan fingerprint density at radius 1 is 1.19 bits per heavy atom. The standard InChI is InChI=1S/C10H18N2O4/c1-3-8(13)12-6-9(14)11-5-7(2)4-10(15)16/h7H,3-6H2,1-2H3,(H,11,14)(H,12,13)(H,15,16). The van der Waals surface area contributed by atoms with Crippen molar-refractivity contribution in [1.29, 1.82) is 0 Å². The zero-order valence-electron chi connectivity index (χ0n) is 9.58. The molecular formula is C10H18N2O4. The summed E-state index contributed by atoms with van der Waals surface area (Å²) in [5.41, 5.74) is 0. The molecule has 0 aliphatic heterocycles. The SMILES string of the molecule is CCC(=O)NCC(=O)NCC(C)CC(=O)O. The van der Waals surface area contributed by atoms with Crippen molar-refractivity contribution >= 4 is 17.8 Å². The van der Waals surface area contributed by atoms with Crippen molar-refractivity contribution in [2.45, 2.75) is 26.7 Å². The van der Waals surface area contributed by atoms with Crippen LogP contribution in [0.5, 0.6) is 0 Å². The molecule has 0 saturated heterocycles. The Hall–Kier alpha value is -1.59. The fourth-order valence-corrected chi connectivity index (χ4v) is 1.02. The van der Waals surface area contributed by atoms with E-state index in [1.807, 2.05) is 0 Å². The topological polar surface area (TPSA) is 95.5 Å². The summed E-state index contributed by atoms with van der Waals surface area (Å²) in [5, 5.41) is 13.5. The van der Waals surface area contributed by atoms with Crippen LogP contribution in [0.15, 0.2) is 0 Å². The highest BCUT2D eigenvalue weighted by Crippen LogP contribution is 1.98. The third kappa shape index (κ3) is 7.78. The second-order valence-electron chi connectivity index (χ2n) is 3.64. The maximum atomic E-state index is 11.2. The van der Waals surface area contributed by atoms with Crippen LogP contribution in [0.25, 0.3) is 0 Å². The first-order valence-corrected chi connectivity index (χ1v) is 5.20. The van der Waals surface area contributed by atoms with Gasteiger partial charge in [-0.05, 0) is 5.92 Å². The summed E-state index contributed by atoms with van der Waals surface area (Å²) < 4.78 is 0. The third-order valence-electron chi connectivity index (χ3n) is 1.94. The molecule has 0 bridgehead atoms. The summed E-state index contributed by atoms with van der Waals surface area (Å²) >= 11 is 0. The van der Waals surface area contributed by atoms with E-state index in [1.54, 1.807) is 13.8 Å². The lowest BCUT2D eigenvalue weighted by Crippen LogP contribution is -2.38. The van der Waals surface area contributed by atoms with E-state index in [-0.39, 0.29) is 30.7 Å². The van der Waals surface area contributed by atoms with Gasteiger partial charge in [0.25, 0.3) is 0 Å². The Balaban J connectivity index is 3.64. The average Bonchev–Trinajstić information content (AvgIpc) is 2.22. The van der Waals surface area contributed by atoms with E-state index in [4.69, 9.17) is 5.11 Å². The Morgan fingerprint density at radius 2 is 1.81 bits per heavy atom. The van der Waals surface area contributed by atoms with Crippen molar-refractivity contribution in [3.05, 3.63) is 0 Å². The summed E-state index contributed by atoms with van der Waals surface area (Å²) in [6.07, 6.45) is 0.351. The fraction of sp³-hybridized carbons (Fsp3) is 0.700. The van der Waals surface area contributed by atoms with Gasteiger partial charge in [-0.3, -0.25) is 14.4 Å². The smallest absolute Gasteiger partial charge is 0.303 e. The maximum absolute atomic E-state index is 11.2. The summed E-state index contributed by atoms with van der Waals surface area (Å²) in [7, 11) is 0. The quantitative estimate of drug-likeness (QED) is 0.561. The average molecular weight is 230 g/mol. The van der Waals surface area contributed by atoms with Gasteiger partial charge in [0.2, 0.25) is 11.8 Å². The van der Waals surface area contributed by atoms with Crippen LogP contribution in [0, 0.1) is 5.92 Å². The molecule has 0 heterocycles. The van der Waals surface area contributed by atoms with Crippen LogP contribution in [-0.4, -0.2) is 36.0 Å². The van der Waals surface area contributed by atoms with Crippen molar-refractivity contribution < 1.29 is 19.5 Å². The monoisotopic (exact) mass is 230 g/mol. The first-order chi connectivity index (χ1) is 7.45. The van der Waals surface area contributed by atoms with Gasteiger partial charge in [0.15, 0.2) is 0 Å². The van der Waals surface area contributed by atoms with Crippen LogP contribution in [0.2, 0.25) is 0 Å². The van der Waals surface area contributed by atoms with Gasteiger partial charge in [0.05, 0.1) is 6.54 Å². The third-order valence-corrected chi connectivity index (χ3v) is 1.94. The molecule has 0 rings (SSSR count). The number of hydrogen-bond acceptors (Lipinski definition) is 3. The Bertz CT molecular complexity index is 266. The van der Waals surface area contributed by atoms with Crippen molar-refractivity contribution in [1.82, 2.24) is 10.6 Å². The highest BCUT2D eigenvalue weighted by Gasteiger charge is 2.09. The van der Waals surface area contributed by atoms with Gasteiger partial charge in [-0.15, -0.1) is 0 Å². The number of amides is 2. The second kappa shape index (κ2) is 7.67. The number of carbonyl (C=O) groups excluding carboxylic acids is 2. The molecule has 0 saturated carbocycles. The van der Waals surface area contributed by atoms with E-state index in [1.165, 1.54) is 0 Å². The lowest BCUT2D eigenvalue weighted by molar-refractivity contribution is -0.138. The molecule has 16 heavy (non-hydrogen) atoms. The summed E-state index contributed by atoms with van der Waals surface area (Å²) in [6.45, 7) is 3.67. The molecule has 0 aliphatic carbocycles. The van der Waals surface area contributed by atoms with Gasteiger partial charge in [0.1, 0.15) is 0 Å². The molecule has 2 amide bonds. The normalized spacial score (nSPS) is 11.6. The molecule has 1 unspecified atom stereocenters. The number of carboxylic acids is 1. The van der Waals surface area contributed by atoms with E-state index >= 15 is 0 Å². The lowest BCUT2D eigenvalue weighted by Gasteiger charge is -2.10. The molecule has 0 fully saturated rings. The molecule has 0 radical (unpaired) electrons. The summed E-state index contributed by atoms with van der Waals surface area (Å²) in [4.78, 5) is 32.4. The predicted octanol–water partition coefficient (Wildman–Crippen LogP) is -0.260. The first kappa shape index (κ1) is 14.4. The number of rotatable bonds is 7. The Labute approximate surface area is 94.4 Å². The number of hydrogen-bond donors (Lipinski definition) is 3.